The van der Waals surface area contributed by atoms with Crippen molar-refractivity contribution in [2.45, 2.75) is 19.4 Å². The second-order valence-electron chi connectivity index (χ2n) is 4.16. The molecule has 0 bridgehead atoms. The summed E-state index contributed by atoms with van der Waals surface area (Å²) in [5.74, 6) is 5.62. The molecule has 0 fully saturated rings. The number of aliphatic hydroxyl groups is 1. The fraction of sp³-hybridized carbons (Fsp3) is 0.444. The van der Waals surface area contributed by atoms with Gasteiger partial charge in [-0.15, -0.1) is 0 Å². The van der Waals surface area contributed by atoms with Crippen molar-refractivity contribution in [3.05, 3.63) is 22.2 Å². The normalized spacial score (nSPS) is 11.1. The number of hydrogen-bond acceptors (Lipinski definition) is 7. The first-order chi connectivity index (χ1) is 7.88. The highest BCUT2D eigenvalue weighted by Crippen LogP contribution is 2.22. The maximum absolute atomic E-state index is 10.7. The summed E-state index contributed by atoms with van der Waals surface area (Å²) in [4.78, 5) is 14.2. The van der Waals surface area contributed by atoms with Crippen LogP contribution in [-0.2, 0) is 0 Å². The van der Waals surface area contributed by atoms with E-state index in [9.17, 15) is 10.1 Å². The van der Waals surface area contributed by atoms with E-state index in [2.05, 4.69) is 15.7 Å². The van der Waals surface area contributed by atoms with E-state index >= 15 is 0 Å². The van der Waals surface area contributed by atoms with Crippen LogP contribution in [0.5, 0.6) is 0 Å². The molecular weight excluding hydrogens is 226 g/mol. The zero-order valence-corrected chi connectivity index (χ0v) is 9.60. The maximum atomic E-state index is 10.7. The maximum Gasteiger partial charge on any atom is 0.276 e. The van der Waals surface area contributed by atoms with E-state index in [-0.39, 0.29) is 23.9 Å². The largest absolute Gasteiger partial charge is 0.394 e. The second kappa shape index (κ2) is 4.93. The SMILES string of the molecule is CC(C)(CO)Nc1cc([N+](=O)[O-])cc(NN)n1. The van der Waals surface area contributed by atoms with Crippen molar-refractivity contribution in [3.8, 4) is 0 Å². The lowest BCUT2D eigenvalue weighted by atomic mass is 10.1. The van der Waals surface area contributed by atoms with Crippen LogP contribution in [0.2, 0.25) is 0 Å². The number of nitrogen functional groups attached to an aromatic ring is 1. The average Bonchev–Trinajstić information content (AvgIpc) is 2.28. The molecule has 0 saturated carbocycles. The van der Waals surface area contributed by atoms with Gasteiger partial charge < -0.3 is 15.8 Å². The van der Waals surface area contributed by atoms with Gasteiger partial charge in [-0.3, -0.25) is 10.1 Å². The molecule has 1 aromatic heterocycles. The topological polar surface area (TPSA) is 126 Å². The summed E-state index contributed by atoms with van der Waals surface area (Å²) in [5, 5.41) is 22.7. The third-order valence-electron chi connectivity index (χ3n) is 2.03. The molecule has 0 radical (unpaired) electrons. The van der Waals surface area contributed by atoms with Crippen LogP contribution in [0.25, 0.3) is 0 Å². The predicted octanol–water partition coefficient (Wildman–Crippen LogP) is 0.458. The third kappa shape index (κ3) is 3.54. The Labute approximate surface area is 98.0 Å². The van der Waals surface area contributed by atoms with E-state index in [1.54, 1.807) is 13.8 Å². The zero-order chi connectivity index (χ0) is 13.1. The van der Waals surface area contributed by atoms with E-state index in [4.69, 9.17) is 10.9 Å². The number of nitro groups is 1. The third-order valence-corrected chi connectivity index (χ3v) is 2.03. The van der Waals surface area contributed by atoms with Gasteiger partial charge >= 0.3 is 0 Å². The Balaban J connectivity index is 3.07. The number of rotatable bonds is 5. The molecular formula is C9H15N5O3. The minimum atomic E-state index is -0.631. The fourth-order valence-corrected chi connectivity index (χ4v) is 1.15. The molecule has 0 atom stereocenters. The van der Waals surface area contributed by atoms with Crippen LogP contribution in [0.1, 0.15) is 13.8 Å². The highest BCUT2D eigenvalue weighted by Gasteiger charge is 2.19. The number of hydrogen-bond donors (Lipinski definition) is 4. The first-order valence-corrected chi connectivity index (χ1v) is 4.90. The van der Waals surface area contributed by atoms with Crippen molar-refractivity contribution < 1.29 is 10.0 Å². The van der Waals surface area contributed by atoms with Crippen molar-refractivity contribution in [2.75, 3.05) is 17.3 Å². The number of anilines is 2. The number of nitrogens with zero attached hydrogens (tertiary/aromatic N) is 2. The molecule has 17 heavy (non-hydrogen) atoms. The highest BCUT2D eigenvalue weighted by molar-refractivity contribution is 5.55. The number of nitrogens with one attached hydrogen (secondary N) is 2. The second-order valence-corrected chi connectivity index (χ2v) is 4.16. The summed E-state index contributed by atoms with van der Waals surface area (Å²) >= 11 is 0. The van der Waals surface area contributed by atoms with Gasteiger partial charge in [0.15, 0.2) is 0 Å². The first-order valence-electron chi connectivity index (χ1n) is 4.90. The average molecular weight is 241 g/mol. The lowest BCUT2D eigenvalue weighted by molar-refractivity contribution is -0.384. The summed E-state index contributed by atoms with van der Waals surface area (Å²) in [6.07, 6.45) is 0. The van der Waals surface area contributed by atoms with Crippen LogP contribution in [0, 0.1) is 10.1 Å². The van der Waals surface area contributed by atoms with E-state index in [0.717, 1.165) is 0 Å². The van der Waals surface area contributed by atoms with Gasteiger partial charge in [0.1, 0.15) is 11.6 Å². The molecule has 1 heterocycles. The van der Waals surface area contributed by atoms with Gasteiger partial charge in [0.25, 0.3) is 5.69 Å². The summed E-state index contributed by atoms with van der Waals surface area (Å²) in [5.41, 5.74) is 1.48. The molecule has 1 aromatic rings. The van der Waals surface area contributed by atoms with Gasteiger partial charge in [-0.25, -0.2) is 10.8 Å². The van der Waals surface area contributed by atoms with Crippen molar-refractivity contribution in [3.63, 3.8) is 0 Å². The van der Waals surface area contributed by atoms with Gasteiger partial charge in [0, 0.05) is 0 Å². The van der Waals surface area contributed by atoms with Gasteiger partial charge in [0.2, 0.25) is 0 Å². The molecule has 0 aliphatic heterocycles. The minimum Gasteiger partial charge on any atom is -0.394 e. The quantitative estimate of drug-likeness (QED) is 0.335. The fourth-order valence-electron chi connectivity index (χ4n) is 1.15. The molecule has 8 nitrogen and oxygen atoms in total. The van der Waals surface area contributed by atoms with E-state index < -0.39 is 10.5 Å². The molecule has 94 valence electrons. The number of aromatic nitrogens is 1. The van der Waals surface area contributed by atoms with Crippen molar-refractivity contribution in [1.29, 1.82) is 0 Å². The van der Waals surface area contributed by atoms with Gasteiger partial charge in [-0.1, -0.05) is 0 Å². The molecule has 0 aliphatic rings. The van der Waals surface area contributed by atoms with Crippen LogP contribution in [-0.4, -0.2) is 27.2 Å². The summed E-state index contributed by atoms with van der Waals surface area (Å²) < 4.78 is 0. The van der Waals surface area contributed by atoms with E-state index in [1.165, 1.54) is 12.1 Å². The Morgan fingerprint density at radius 1 is 1.53 bits per heavy atom. The zero-order valence-electron chi connectivity index (χ0n) is 9.60. The molecule has 0 amide bonds. The van der Waals surface area contributed by atoms with Crippen LogP contribution >= 0.6 is 0 Å². The van der Waals surface area contributed by atoms with E-state index in [1.807, 2.05) is 0 Å². The van der Waals surface area contributed by atoms with Crippen molar-refractivity contribution in [1.82, 2.24) is 4.98 Å². The molecule has 5 N–H and O–H groups in total. The van der Waals surface area contributed by atoms with E-state index in [0.29, 0.717) is 0 Å². The Hall–Kier alpha value is -1.93. The summed E-state index contributed by atoms with van der Waals surface area (Å²) in [7, 11) is 0. The highest BCUT2D eigenvalue weighted by atomic mass is 16.6. The Bertz CT molecular complexity index is 421. The lowest BCUT2D eigenvalue weighted by Gasteiger charge is -2.24. The molecule has 0 aliphatic carbocycles. The lowest BCUT2D eigenvalue weighted by Crippen LogP contribution is -2.35. The Morgan fingerprint density at radius 3 is 2.59 bits per heavy atom. The van der Waals surface area contributed by atoms with Gasteiger partial charge in [0.05, 0.1) is 29.2 Å². The molecule has 8 heteroatoms. The van der Waals surface area contributed by atoms with Crippen molar-refractivity contribution in [2.24, 2.45) is 5.84 Å². The summed E-state index contributed by atoms with van der Waals surface area (Å²) in [6.45, 7) is 3.34. The Kier molecular flexibility index (Phi) is 3.81. The van der Waals surface area contributed by atoms with Gasteiger partial charge in [-0.2, -0.15) is 0 Å². The van der Waals surface area contributed by atoms with Crippen LogP contribution in [0.15, 0.2) is 12.1 Å². The first kappa shape index (κ1) is 13.1. The number of aliphatic hydroxyl groups excluding tert-OH is 1. The summed E-state index contributed by atoms with van der Waals surface area (Å²) in [6, 6.07) is 2.50. The molecule has 1 rings (SSSR count). The standard InChI is InChI=1S/C9H15N5O3/c1-9(2,5-15)12-7-3-6(14(16)17)4-8(11-7)13-10/h3-4,15H,5,10H2,1-2H3,(H2,11,12,13). The minimum absolute atomic E-state index is 0.135. The van der Waals surface area contributed by atoms with Crippen LogP contribution in [0.3, 0.4) is 0 Å². The molecule has 0 unspecified atom stereocenters. The number of nitrogens with two attached hydrogens (primary N) is 1. The molecule has 0 aromatic carbocycles. The smallest absolute Gasteiger partial charge is 0.276 e. The molecule has 0 saturated heterocycles. The Morgan fingerprint density at radius 2 is 2.12 bits per heavy atom. The number of hydrazine groups is 1. The van der Waals surface area contributed by atoms with Crippen LogP contribution in [0.4, 0.5) is 17.3 Å². The van der Waals surface area contributed by atoms with Crippen LogP contribution < -0.4 is 16.6 Å². The van der Waals surface area contributed by atoms with Crippen molar-refractivity contribution >= 4 is 17.3 Å². The predicted molar refractivity (Wildman–Crippen MR) is 63.5 cm³/mol. The number of pyridine rings is 1. The molecule has 0 spiro atoms. The monoisotopic (exact) mass is 241 g/mol. The van der Waals surface area contributed by atoms with Gasteiger partial charge in [-0.05, 0) is 13.8 Å².